The minimum Gasteiger partial charge on any atom is -0.372 e. The fourth-order valence-corrected chi connectivity index (χ4v) is 1.13. The van der Waals surface area contributed by atoms with Crippen molar-refractivity contribution in [2.45, 2.75) is 25.5 Å². The molecule has 0 bridgehead atoms. The average Bonchev–Trinajstić information content (AvgIpc) is 1.88. The van der Waals surface area contributed by atoms with Crippen molar-refractivity contribution in [3.8, 4) is 0 Å². The predicted molar refractivity (Wildman–Crippen MR) is 41.2 cm³/mol. The summed E-state index contributed by atoms with van der Waals surface area (Å²) in [6.07, 6.45) is 3.57. The SMILES string of the molecule is CC1CC(N(C)C)[CH][CH]O1. The van der Waals surface area contributed by atoms with Crippen LogP contribution in [0.5, 0.6) is 0 Å². The molecule has 0 aromatic heterocycles. The van der Waals surface area contributed by atoms with Crippen LogP contribution in [-0.2, 0) is 4.74 Å². The highest BCUT2D eigenvalue weighted by atomic mass is 16.5. The molecule has 1 rings (SSSR count). The first-order valence-corrected chi connectivity index (χ1v) is 3.68. The third kappa shape index (κ3) is 1.96. The fraction of sp³-hybridized carbons (Fsp3) is 0.750. The van der Waals surface area contributed by atoms with Gasteiger partial charge in [-0.15, -0.1) is 0 Å². The van der Waals surface area contributed by atoms with Crippen molar-refractivity contribution in [3.05, 3.63) is 13.0 Å². The van der Waals surface area contributed by atoms with Gasteiger partial charge in [0.05, 0.1) is 12.7 Å². The summed E-state index contributed by atoms with van der Waals surface area (Å²) in [4.78, 5) is 2.20. The summed E-state index contributed by atoms with van der Waals surface area (Å²) in [6.45, 7) is 3.90. The molecule has 1 fully saturated rings. The fourth-order valence-electron chi connectivity index (χ4n) is 1.13. The molecule has 10 heavy (non-hydrogen) atoms. The van der Waals surface area contributed by atoms with Crippen LogP contribution in [0.1, 0.15) is 13.3 Å². The minimum atomic E-state index is 0.373. The molecule has 1 aliphatic heterocycles. The summed E-state index contributed by atoms with van der Waals surface area (Å²) >= 11 is 0. The second-order valence-corrected chi connectivity index (χ2v) is 3.04. The van der Waals surface area contributed by atoms with E-state index in [4.69, 9.17) is 4.74 Å². The summed E-state index contributed by atoms with van der Waals surface area (Å²) in [5.41, 5.74) is 0. The van der Waals surface area contributed by atoms with E-state index >= 15 is 0 Å². The summed E-state index contributed by atoms with van der Waals surface area (Å²) < 4.78 is 5.25. The zero-order valence-corrected chi connectivity index (χ0v) is 6.87. The Hall–Kier alpha value is -0.0800. The lowest BCUT2D eigenvalue weighted by molar-refractivity contribution is 0.0653. The molecule has 0 N–H and O–H groups in total. The van der Waals surface area contributed by atoms with Crippen molar-refractivity contribution in [2.75, 3.05) is 14.1 Å². The van der Waals surface area contributed by atoms with Gasteiger partial charge in [0, 0.05) is 12.5 Å². The standard InChI is InChI=1S/C8H15NO/c1-7-6-8(9(2)3)4-5-10-7/h4-5,7-8H,6H2,1-3H3. The molecule has 2 atom stereocenters. The van der Waals surface area contributed by atoms with Crippen LogP contribution in [0.3, 0.4) is 0 Å². The summed E-state index contributed by atoms with van der Waals surface area (Å²) in [7, 11) is 4.18. The molecule has 58 valence electrons. The molecule has 2 unspecified atom stereocenters. The quantitative estimate of drug-likeness (QED) is 0.542. The first-order chi connectivity index (χ1) is 4.70. The summed E-state index contributed by atoms with van der Waals surface area (Å²) in [6, 6.07) is 0.559. The van der Waals surface area contributed by atoms with Crippen molar-refractivity contribution < 1.29 is 4.74 Å². The van der Waals surface area contributed by atoms with Crippen LogP contribution >= 0.6 is 0 Å². The van der Waals surface area contributed by atoms with Crippen LogP contribution in [0, 0.1) is 13.0 Å². The third-order valence-corrected chi connectivity index (χ3v) is 1.85. The van der Waals surface area contributed by atoms with Gasteiger partial charge in [-0.2, -0.15) is 0 Å². The maximum atomic E-state index is 5.25. The lowest BCUT2D eigenvalue weighted by Gasteiger charge is -2.31. The van der Waals surface area contributed by atoms with Crippen LogP contribution in [0.25, 0.3) is 0 Å². The van der Waals surface area contributed by atoms with Crippen LogP contribution in [-0.4, -0.2) is 31.1 Å². The van der Waals surface area contributed by atoms with E-state index in [0.717, 1.165) is 6.42 Å². The third-order valence-electron chi connectivity index (χ3n) is 1.85. The second kappa shape index (κ2) is 3.35. The smallest absolute Gasteiger partial charge is 0.0891 e. The molecule has 2 nitrogen and oxygen atoms in total. The first kappa shape index (κ1) is 8.02. The second-order valence-electron chi connectivity index (χ2n) is 3.04. The van der Waals surface area contributed by atoms with Crippen molar-refractivity contribution in [1.29, 1.82) is 0 Å². The Kier molecular flexibility index (Phi) is 2.69. The zero-order valence-electron chi connectivity index (χ0n) is 6.87. The van der Waals surface area contributed by atoms with Crippen LogP contribution < -0.4 is 0 Å². The van der Waals surface area contributed by atoms with E-state index in [9.17, 15) is 0 Å². The van der Waals surface area contributed by atoms with Crippen LogP contribution in [0.2, 0.25) is 0 Å². The van der Waals surface area contributed by atoms with Crippen LogP contribution in [0.15, 0.2) is 0 Å². The van der Waals surface area contributed by atoms with E-state index in [-0.39, 0.29) is 0 Å². The maximum absolute atomic E-state index is 5.25. The first-order valence-electron chi connectivity index (χ1n) is 3.68. The molecule has 0 aliphatic carbocycles. The Morgan fingerprint density at radius 1 is 1.50 bits per heavy atom. The number of rotatable bonds is 1. The molecular weight excluding hydrogens is 126 g/mol. The molecule has 1 saturated heterocycles. The monoisotopic (exact) mass is 141 g/mol. The van der Waals surface area contributed by atoms with Gasteiger partial charge < -0.3 is 9.64 Å². The van der Waals surface area contributed by atoms with E-state index < -0.39 is 0 Å². The van der Waals surface area contributed by atoms with Gasteiger partial charge >= 0.3 is 0 Å². The minimum absolute atomic E-state index is 0.373. The van der Waals surface area contributed by atoms with Gasteiger partial charge in [0.1, 0.15) is 0 Å². The van der Waals surface area contributed by atoms with E-state index in [1.54, 1.807) is 6.61 Å². The number of ether oxygens (including phenoxy) is 1. The Morgan fingerprint density at radius 2 is 2.20 bits per heavy atom. The molecule has 2 radical (unpaired) electrons. The van der Waals surface area contributed by atoms with Crippen LogP contribution in [0.4, 0.5) is 0 Å². The van der Waals surface area contributed by atoms with Gasteiger partial charge in [0.15, 0.2) is 0 Å². The maximum Gasteiger partial charge on any atom is 0.0891 e. The lowest BCUT2D eigenvalue weighted by atomic mass is 10.0. The van der Waals surface area contributed by atoms with Gasteiger partial charge in [0.2, 0.25) is 0 Å². The van der Waals surface area contributed by atoms with E-state index in [0.29, 0.717) is 12.1 Å². The number of hydrogen-bond acceptors (Lipinski definition) is 2. The highest BCUT2D eigenvalue weighted by Gasteiger charge is 2.20. The summed E-state index contributed by atoms with van der Waals surface area (Å²) in [5.74, 6) is 0. The number of hydrogen-bond donors (Lipinski definition) is 0. The van der Waals surface area contributed by atoms with Gasteiger partial charge in [-0.3, -0.25) is 0 Å². The molecule has 0 spiro atoms. The van der Waals surface area contributed by atoms with E-state index in [1.165, 1.54) is 0 Å². The van der Waals surface area contributed by atoms with Crippen molar-refractivity contribution >= 4 is 0 Å². The molecule has 0 amide bonds. The molecule has 1 aliphatic rings. The normalized spacial score (nSPS) is 34.8. The van der Waals surface area contributed by atoms with Crippen molar-refractivity contribution in [3.63, 3.8) is 0 Å². The van der Waals surface area contributed by atoms with Gasteiger partial charge in [0.25, 0.3) is 0 Å². The Labute approximate surface area is 63.2 Å². The molecule has 1 heterocycles. The van der Waals surface area contributed by atoms with E-state index in [2.05, 4.69) is 32.3 Å². The lowest BCUT2D eigenvalue weighted by Crippen LogP contribution is -2.35. The largest absolute Gasteiger partial charge is 0.372 e. The summed E-state index contributed by atoms with van der Waals surface area (Å²) in [5, 5.41) is 0. The highest BCUT2D eigenvalue weighted by molar-refractivity contribution is 4.94. The zero-order chi connectivity index (χ0) is 7.56. The van der Waals surface area contributed by atoms with Gasteiger partial charge in [-0.25, -0.2) is 0 Å². The van der Waals surface area contributed by atoms with Gasteiger partial charge in [-0.05, 0) is 27.4 Å². The molecule has 0 aromatic rings. The Bertz CT molecular complexity index is 103. The molecule has 0 aromatic carbocycles. The topological polar surface area (TPSA) is 12.5 Å². The van der Waals surface area contributed by atoms with Crippen molar-refractivity contribution in [2.24, 2.45) is 0 Å². The average molecular weight is 141 g/mol. The Balaban J connectivity index is 2.32. The highest BCUT2D eigenvalue weighted by Crippen LogP contribution is 2.18. The predicted octanol–water partition coefficient (Wildman–Crippen LogP) is 1.09. The van der Waals surface area contributed by atoms with Crippen molar-refractivity contribution in [1.82, 2.24) is 4.90 Å². The van der Waals surface area contributed by atoms with E-state index in [1.807, 2.05) is 0 Å². The molecular formula is C8H15NO. The Morgan fingerprint density at radius 3 is 2.60 bits per heavy atom. The van der Waals surface area contributed by atoms with Gasteiger partial charge in [-0.1, -0.05) is 0 Å². The molecule has 0 saturated carbocycles. The molecule has 2 heteroatoms. The number of nitrogens with zero attached hydrogens (tertiary/aromatic N) is 1.